The quantitative estimate of drug-likeness (QED) is 0.636. The SMILES string of the molecule is COc1ccc(NC(=O)C(C)C(N)c2ccccc2)cc1OCC(N)=O.Cl. The molecule has 2 atom stereocenters. The summed E-state index contributed by atoms with van der Waals surface area (Å²) in [6, 6.07) is 13.9. The maximum absolute atomic E-state index is 12.5. The topological polar surface area (TPSA) is 117 Å². The van der Waals surface area contributed by atoms with Gasteiger partial charge in [-0.05, 0) is 17.7 Å². The molecule has 7 nitrogen and oxygen atoms in total. The molecule has 0 bridgehead atoms. The largest absolute Gasteiger partial charge is 0.493 e. The molecule has 2 aromatic carbocycles. The fourth-order valence-electron chi connectivity index (χ4n) is 2.40. The number of carbonyl (C=O) groups excluding carboxylic acids is 2. The van der Waals surface area contributed by atoms with Crippen molar-refractivity contribution < 1.29 is 19.1 Å². The third kappa shape index (κ3) is 6.16. The lowest BCUT2D eigenvalue weighted by molar-refractivity contribution is -0.120. The van der Waals surface area contributed by atoms with Gasteiger partial charge < -0.3 is 26.3 Å². The van der Waals surface area contributed by atoms with E-state index in [1.807, 2.05) is 30.3 Å². The Labute approximate surface area is 164 Å². The number of amides is 2. The third-order valence-corrected chi connectivity index (χ3v) is 3.94. The molecule has 0 saturated heterocycles. The summed E-state index contributed by atoms with van der Waals surface area (Å²) >= 11 is 0. The van der Waals surface area contributed by atoms with Gasteiger partial charge in [0.25, 0.3) is 5.91 Å². The minimum Gasteiger partial charge on any atom is -0.493 e. The van der Waals surface area contributed by atoms with Crippen LogP contribution in [0, 0.1) is 5.92 Å². The second-order valence-corrected chi connectivity index (χ2v) is 5.84. The van der Waals surface area contributed by atoms with E-state index in [1.54, 1.807) is 25.1 Å². The van der Waals surface area contributed by atoms with Crippen molar-refractivity contribution in [3.8, 4) is 11.5 Å². The van der Waals surface area contributed by atoms with Crippen LogP contribution in [0.15, 0.2) is 48.5 Å². The van der Waals surface area contributed by atoms with E-state index in [0.717, 1.165) is 5.56 Å². The van der Waals surface area contributed by atoms with E-state index in [9.17, 15) is 9.59 Å². The van der Waals surface area contributed by atoms with Gasteiger partial charge in [0.15, 0.2) is 18.1 Å². The van der Waals surface area contributed by atoms with E-state index >= 15 is 0 Å². The van der Waals surface area contributed by atoms with Crippen molar-refractivity contribution in [2.45, 2.75) is 13.0 Å². The number of rotatable bonds is 8. The molecule has 0 radical (unpaired) electrons. The number of benzene rings is 2. The first kappa shape index (κ1) is 22.3. The molecule has 27 heavy (non-hydrogen) atoms. The fraction of sp³-hybridized carbons (Fsp3) is 0.263. The first-order valence-electron chi connectivity index (χ1n) is 8.13. The molecule has 0 aliphatic heterocycles. The van der Waals surface area contributed by atoms with Gasteiger partial charge in [-0.1, -0.05) is 37.3 Å². The van der Waals surface area contributed by atoms with Crippen LogP contribution in [-0.4, -0.2) is 25.5 Å². The summed E-state index contributed by atoms with van der Waals surface area (Å²) < 4.78 is 10.5. The zero-order chi connectivity index (χ0) is 19.1. The summed E-state index contributed by atoms with van der Waals surface area (Å²) in [6.45, 7) is 1.48. The second-order valence-electron chi connectivity index (χ2n) is 5.84. The zero-order valence-corrected chi connectivity index (χ0v) is 16.0. The molecule has 2 unspecified atom stereocenters. The van der Waals surface area contributed by atoms with Crippen molar-refractivity contribution in [1.29, 1.82) is 0 Å². The zero-order valence-electron chi connectivity index (χ0n) is 15.2. The van der Waals surface area contributed by atoms with Crippen molar-refractivity contribution in [1.82, 2.24) is 0 Å². The van der Waals surface area contributed by atoms with Gasteiger partial charge in [-0.15, -0.1) is 12.4 Å². The van der Waals surface area contributed by atoms with Crippen LogP contribution in [-0.2, 0) is 9.59 Å². The van der Waals surface area contributed by atoms with E-state index in [1.165, 1.54) is 7.11 Å². The lowest BCUT2D eigenvalue weighted by Gasteiger charge is -2.20. The standard InChI is InChI=1S/C19H23N3O4.ClH/c1-12(18(21)13-6-4-3-5-7-13)19(24)22-14-8-9-15(25-2)16(10-14)26-11-17(20)23;/h3-10,12,18H,11,21H2,1-2H3,(H2,20,23)(H,22,24);1H. The molecule has 5 N–H and O–H groups in total. The number of hydrogen-bond acceptors (Lipinski definition) is 5. The van der Waals surface area contributed by atoms with Gasteiger partial charge in [-0.25, -0.2) is 0 Å². The number of nitrogens with two attached hydrogens (primary N) is 2. The Balaban J connectivity index is 0.00000364. The predicted octanol–water partition coefficient (Wildman–Crippen LogP) is 2.26. The number of ether oxygens (including phenoxy) is 2. The smallest absolute Gasteiger partial charge is 0.255 e. The fourth-order valence-corrected chi connectivity index (χ4v) is 2.40. The maximum Gasteiger partial charge on any atom is 0.255 e. The summed E-state index contributed by atoms with van der Waals surface area (Å²) in [7, 11) is 1.48. The molecule has 0 aliphatic rings. The number of methoxy groups -OCH3 is 1. The number of nitrogens with one attached hydrogen (secondary N) is 1. The molecule has 0 fully saturated rings. The van der Waals surface area contributed by atoms with E-state index in [4.69, 9.17) is 20.9 Å². The number of hydrogen-bond donors (Lipinski definition) is 3. The summed E-state index contributed by atoms with van der Waals surface area (Å²) in [4.78, 5) is 23.4. The van der Waals surface area contributed by atoms with Crippen LogP contribution in [0.3, 0.4) is 0 Å². The van der Waals surface area contributed by atoms with Gasteiger partial charge >= 0.3 is 0 Å². The van der Waals surface area contributed by atoms with E-state index in [-0.39, 0.29) is 24.9 Å². The average Bonchev–Trinajstić information content (AvgIpc) is 2.65. The lowest BCUT2D eigenvalue weighted by Crippen LogP contribution is -2.30. The number of anilines is 1. The molecule has 2 aromatic rings. The van der Waals surface area contributed by atoms with Crippen molar-refractivity contribution in [3.05, 3.63) is 54.1 Å². The molecule has 0 aliphatic carbocycles. The number of primary amides is 1. The lowest BCUT2D eigenvalue weighted by atomic mass is 9.94. The van der Waals surface area contributed by atoms with Crippen molar-refractivity contribution in [2.24, 2.45) is 17.4 Å². The highest BCUT2D eigenvalue weighted by Gasteiger charge is 2.22. The number of carbonyl (C=O) groups is 2. The highest BCUT2D eigenvalue weighted by Crippen LogP contribution is 2.31. The Hall–Kier alpha value is -2.77. The first-order chi connectivity index (χ1) is 12.4. The highest BCUT2D eigenvalue weighted by atomic mass is 35.5. The number of halogens is 1. The third-order valence-electron chi connectivity index (χ3n) is 3.94. The van der Waals surface area contributed by atoms with Crippen LogP contribution in [0.1, 0.15) is 18.5 Å². The van der Waals surface area contributed by atoms with E-state index in [0.29, 0.717) is 17.2 Å². The summed E-state index contributed by atoms with van der Waals surface area (Å²) in [5.41, 5.74) is 12.7. The Morgan fingerprint density at radius 3 is 2.37 bits per heavy atom. The minimum atomic E-state index is -0.607. The molecule has 2 rings (SSSR count). The second kappa shape index (κ2) is 10.4. The van der Waals surface area contributed by atoms with Crippen molar-refractivity contribution >= 4 is 29.9 Å². The molecular formula is C19H24ClN3O4. The first-order valence-corrected chi connectivity index (χ1v) is 8.13. The van der Waals surface area contributed by atoms with Crippen LogP contribution in [0.2, 0.25) is 0 Å². The van der Waals surface area contributed by atoms with Crippen LogP contribution in [0.5, 0.6) is 11.5 Å². The molecule has 0 heterocycles. The van der Waals surface area contributed by atoms with Crippen molar-refractivity contribution in [2.75, 3.05) is 19.0 Å². The van der Waals surface area contributed by atoms with E-state index < -0.39 is 17.9 Å². The summed E-state index contributed by atoms with van der Waals surface area (Å²) in [5.74, 6) is -0.548. The summed E-state index contributed by atoms with van der Waals surface area (Å²) in [5, 5.41) is 2.80. The maximum atomic E-state index is 12.5. The highest BCUT2D eigenvalue weighted by molar-refractivity contribution is 5.93. The molecule has 0 aromatic heterocycles. The molecule has 146 valence electrons. The normalized spacial score (nSPS) is 12.3. The van der Waals surface area contributed by atoms with E-state index in [2.05, 4.69) is 5.32 Å². The van der Waals surface area contributed by atoms with Gasteiger partial charge in [-0.2, -0.15) is 0 Å². The molecule has 0 saturated carbocycles. The Morgan fingerprint density at radius 2 is 1.78 bits per heavy atom. The average molecular weight is 394 g/mol. The predicted molar refractivity (Wildman–Crippen MR) is 106 cm³/mol. The Morgan fingerprint density at radius 1 is 1.11 bits per heavy atom. The molecule has 0 spiro atoms. The van der Waals surface area contributed by atoms with Gasteiger partial charge in [0.2, 0.25) is 5.91 Å². The Kier molecular flexibility index (Phi) is 8.58. The van der Waals surface area contributed by atoms with Crippen LogP contribution in [0.25, 0.3) is 0 Å². The van der Waals surface area contributed by atoms with Crippen LogP contribution in [0.4, 0.5) is 5.69 Å². The molecular weight excluding hydrogens is 370 g/mol. The van der Waals surface area contributed by atoms with Gasteiger partial charge in [0.05, 0.1) is 13.0 Å². The minimum absolute atomic E-state index is 0. The molecule has 8 heteroatoms. The van der Waals surface area contributed by atoms with Gasteiger partial charge in [0.1, 0.15) is 0 Å². The van der Waals surface area contributed by atoms with Gasteiger partial charge in [-0.3, -0.25) is 9.59 Å². The molecule has 2 amide bonds. The van der Waals surface area contributed by atoms with Gasteiger partial charge in [0, 0.05) is 17.8 Å². The van der Waals surface area contributed by atoms with Crippen LogP contribution >= 0.6 is 12.4 Å². The van der Waals surface area contributed by atoms with Crippen molar-refractivity contribution in [3.63, 3.8) is 0 Å². The Bertz CT molecular complexity index is 771. The monoisotopic (exact) mass is 393 g/mol. The van der Waals surface area contributed by atoms with Crippen LogP contribution < -0.4 is 26.3 Å². The summed E-state index contributed by atoms with van der Waals surface area (Å²) in [6.07, 6.45) is 0.